The van der Waals surface area contributed by atoms with Gasteiger partial charge >= 0.3 is 0 Å². The summed E-state index contributed by atoms with van der Waals surface area (Å²) in [4.78, 5) is 13.7. The molecule has 0 N–H and O–H groups in total. The summed E-state index contributed by atoms with van der Waals surface area (Å²) in [6.07, 6.45) is 3.36. The van der Waals surface area contributed by atoms with Crippen molar-refractivity contribution in [1.82, 2.24) is 0 Å². The van der Waals surface area contributed by atoms with Crippen LogP contribution in [-0.4, -0.2) is 27.1 Å². The number of rotatable bonds is 3. The fraction of sp³-hybridized carbons (Fsp3) is 0.308. The van der Waals surface area contributed by atoms with Gasteiger partial charge in [0.1, 0.15) is 0 Å². The van der Waals surface area contributed by atoms with E-state index in [1.165, 1.54) is 6.07 Å². The standard InChI is InChI=1S/C13H15NO3S/c1-3-10-7-13(15)14(9-10)11-5-4-6-12(8-11)18(2,16)17/h3-6,8,10H,1,7,9H2,2H3. The van der Waals surface area contributed by atoms with Gasteiger partial charge in [0.15, 0.2) is 9.84 Å². The maximum atomic E-state index is 11.8. The van der Waals surface area contributed by atoms with E-state index in [4.69, 9.17) is 0 Å². The first-order valence-corrected chi connectivity index (χ1v) is 7.54. The lowest BCUT2D eigenvalue weighted by atomic mass is 10.1. The van der Waals surface area contributed by atoms with E-state index in [1.54, 1.807) is 29.2 Å². The van der Waals surface area contributed by atoms with Gasteiger partial charge in [-0.2, -0.15) is 0 Å². The Balaban J connectivity index is 2.35. The van der Waals surface area contributed by atoms with Gasteiger partial charge in [0.25, 0.3) is 0 Å². The van der Waals surface area contributed by atoms with Gasteiger partial charge in [-0.15, -0.1) is 6.58 Å². The third-order valence-corrected chi connectivity index (χ3v) is 4.16. The topological polar surface area (TPSA) is 54.5 Å². The first-order valence-electron chi connectivity index (χ1n) is 5.65. The molecule has 4 nitrogen and oxygen atoms in total. The van der Waals surface area contributed by atoms with Crippen LogP contribution < -0.4 is 4.90 Å². The molecule has 2 rings (SSSR count). The number of carbonyl (C=O) groups excluding carboxylic acids is 1. The number of sulfone groups is 1. The number of carbonyl (C=O) groups is 1. The Hall–Kier alpha value is -1.62. The fourth-order valence-corrected chi connectivity index (χ4v) is 2.69. The zero-order chi connectivity index (χ0) is 13.3. The summed E-state index contributed by atoms with van der Waals surface area (Å²) in [5, 5.41) is 0. The fourth-order valence-electron chi connectivity index (χ4n) is 2.02. The molecule has 1 heterocycles. The molecule has 1 atom stereocenters. The van der Waals surface area contributed by atoms with Crippen LogP contribution in [0.5, 0.6) is 0 Å². The van der Waals surface area contributed by atoms with Crippen molar-refractivity contribution in [1.29, 1.82) is 0 Å². The van der Waals surface area contributed by atoms with Gasteiger partial charge in [0, 0.05) is 30.8 Å². The van der Waals surface area contributed by atoms with E-state index in [0.29, 0.717) is 18.7 Å². The number of hydrogen-bond acceptors (Lipinski definition) is 3. The molecular formula is C13H15NO3S. The third kappa shape index (κ3) is 2.46. The SMILES string of the molecule is C=CC1CC(=O)N(c2cccc(S(C)(=O)=O)c2)C1. The van der Waals surface area contributed by atoms with Gasteiger partial charge in [-0.05, 0) is 18.2 Å². The van der Waals surface area contributed by atoms with Crippen molar-refractivity contribution in [2.24, 2.45) is 5.92 Å². The number of nitrogens with zero attached hydrogens (tertiary/aromatic N) is 1. The molecule has 1 amide bonds. The Kier molecular flexibility index (Phi) is 3.26. The summed E-state index contributed by atoms with van der Waals surface area (Å²) in [6, 6.07) is 6.47. The smallest absolute Gasteiger partial charge is 0.227 e. The van der Waals surface area contributed by atoms with Gasteiger partial charge in [-0.25, -0.2) is 8.42 Å². The molecule has 0 spiro atoms. The molecule has 1 saturated heterocycles. The maximum absolute atomic E-state index is 11.8. The van der Waals surface area contributed by atoms with E-state index in [-0.39, 0.29) is 16.7 Å². The average Bonchev–Trinajstić information content (AvgIpc) is 2.70. The maximum Gasteiger partial charge on any atom is 0.227 e. The zero-order valence-electron chi connectivity index (χ0n) is 10.2. The molecule has 1 unspecified atom stereocenters. The van der Waals surface area contributed by atoms with Gasteiger partial charge in [0.05, 0.1) is 4.90 Å². The Bertz CT molecular complexity index is 592. The predicted molar refractivity (Wildman–Crippen MR) is 70.2 cm³/mol. The van der Waals surface area contributed by atoms with Crippen LogP contribution in [0.15, 0.2) is 41.8 Å². The Labute approximate surface area is 107 Å². The normalized spacial score (nSPS) is 20.2. The second-order valence-corrected chi connectivity index (χ2v) is 6.49. The van der Waals surface area contributed by atoms with Crippen LogP contribution in [-0.2, 0) is 14.6 Å². The summed E-state index contributed by atoms with van der Waals surface area (Å²) in [5.41, 5.74) is 0.632. The Morgan fingerprint density at radius 3 is 2.72 bits per heavy atom. The molecular weight excluding hydrogens is 250 g/mol. The highest BCUT2D eigenvalue weighted by molar-refractivity contribution is 7.90. The lowest BCUT2D eigenvalue weighted by Crippen LogP contribution is -2.24. The molecule has 1 aliphatic rings. The molecule has 1 aromatic carbocycles. The molecule has 1 aliphatic heterocycles. The third-order valence-electron chi connectivity index (χ3n) is 3.05. The molecule has 1 fully saturated rings. The predicted octanol–water partition coefficient (Wildman–Crippen LogP) is 1.63. The van der Waals surface area contributed by atoms with Crippen molar-refractivity contribution >= 4 is 21.4 Å². The summed E-state index contributed by atoms with van der Waals surface area (Å²) < 4.78 is 23.0. The summed E-state index contributed by atoms with van der Waals surface area (Å²) in [6.45, 7) is 4.25. The number of benzene rings is 1. The molecule has 0 aliphatic carbocycles. The van der Waals surface area contributed by atoms with Gasteiger partial charge < -0.3 is 4.90 Å². The first kappa shape index (κ1) is 12.8. The number of amides is 1. The van der Waals surface area contributed by atoms with Crippen molar-refractivity contribution in [3.05, 3.63) is 36.9 Å². The van der Waals surface area contributed by atoms with E-state index in [9.17, 15) is 13.2 Å². The minimum Gasteiger partial charge on any atom is -0.312 e. The highest BCUT2D eigenvalue weighted by Gasteiger charge is 2.28. The minimum atomic E-state index is -3.25. The van der Waals surface area contributed by atoms with E-state index in [2.05, 4.69) is 6.58 Å². The largest absolute Gasteiger partial charge is 0.312 e. The second-order valence-electron chi connectivity index (χ2n) is 4.47. The van der Waals surface area contributed by atoms with Crippen molar-refractivity contribution < 1.29 is 13.2 Å². The molecule has 18 heavy (non-hydrogen) atoms. The second kappa shape index (κ2) is 4.57. The van der Waals surface area contributed by atoms with Crippen LogP contribution >= 0.6 is 0 Å². The van der Waals surface area contributed by atoms with Crippen LogP contribution in [0.2, 0.25) is 0 Å². The van der Waals surface area contributed by atoms with Gasteiger partial charge in [-0.3, -0.25) is 4.79 Å². The molecule has 0 bridgehead atoms. The molecule has 0 saturated carbocycles. The van der Waals surface area contributed by atoms with Crippen molar-refractivity contribution in [2.75, 3.05) is 17.7 Å². The van der Waals surface area contributed by atoms with E-state index in [1.807, 2.05) is 0 Å². The number of hydrogen-bond donors (Lipinski definition) is 0. The quantitative estimate of drug-likeness (QED) is 0.780. The average molecular weight is 265 g/mol. The van der Waals surface area contributed by atoms with E-state index >= 15 is 0 Å². The highest BCUT2D eigenvalue weighted by Crippen LogP contribution is 2.27. The highest BCUT2D eigenvalue weighted by atomic mass is 32.2. The molecule has 0 radical (unpaired) electrons. The Morgan fingerprint density at radius 1 is 1.44 bits per heavy atom. The van der Waals surface area contributed by atoms with Crippen molar-refractivity contribution in [3.63, 3.8) is 0 Å². The zero-order valence-corrected chi connectivity index (χ0v) is 11.0. The van der Waals surface area contributed by atoms with Crippen LogP contribution in [0, 0.1) is 5.92 Å². The minimum absolute atomic E-state index is 0.00514. The Morgan fingerprint density at radius 2 is 2.17 bits per heavy atom. The van der Waals surface area contributed by atoms with E-state index < -0.39 is 9.84 Å². The van der Waals surface area contributed by atoms with Crippen LogP contribution in [0.3, 0.4) is 0 Å². The van der Waals surface area contributed by atoms with E-state index in [0.717, 1.165) is 6.26 Å². The van der Waals surface area contributed by atoms with Crippen molar-refractivity contribution in [2.45, 2.75) is 11.3 Å². The number of anilines is 1. The molecule has 96 valence electrons. The summed E-state index contributed by atoms with van der Waals surface area (Å²) in [5.74, 6) is 0.143. The lowest BCUT2D eigenvalue weighted by Gasteiger charge is -2.16. The summed E-state index contributed by atoms with van der Waals surface area (Å²) in [7, 11) is -3.25. The molecule has 0 aromatic heterocycles. The first-order chi connectivity index (χ1) is 8.41. The van der Waals surface area contributed by atoms with Crippen LogP contribution in [0.4, 0.5) is 5.69 Å². The van der Waals surface area contributed by atoms with Crippen molar-refractivity contribution in [3.8, 4) is 0 Å². The summed E-state index contributed by atoms with van der Waals surface area (Å²) >= 11 is 0. The molecule has 1 aromatic rings. The van der Waals surface area contributed by atoms with Crippen LogP contribution in [0.25, 0.3) is 0 Å². The molecule has 5 heteroatoms. The van der Waals surface area contributed by atoms with Gasteiger partial charge in [-0.1, -0.05) is 12.1 Å². The van der Waals surface area contributed by atoms with Crippen LogP contribution in [0.1, 0.15) is 6.42 Å². The monoisotopic (exact) mass is 265 g/mol. The van der Waals surface area contributed by atoms with Gasteiger partial charge in [0.2, 0.25) is 5.91 Å². The lowest BCUT2D eigenvalue weighted by molar-refractivity contribution is -0.117.